The fourth-order valence-electron chi connectivity index (χ4n) is 2.20. The van der Waals surface area contributed by atoms with Crippen LogP contribution in [0, 0.1) is 6.92 Å². The highest BCUT2D eigenvalue weighted by Crippen LogP contribution is 2.29. The maximum Gasteiger partial charge on any atom is 0.257 e. The van der Waals surface area contributed by atoms with Crippen molar-refractivity contribution in [2.75, 3.05) is 6.54 Å². The Morgan fingerprint density at radius 1 is 1.14 bits per heavy atom. The Kier molecular flexibility index (Phi) is 4.13. The molecule has 0 saturated heterocycles. The summed E-state index contributed by atoms with van der Waals surface area (Å²) in [5.41, 5.74) is 1.12. The average molecular weight is 299 g/mol. The molecule has 21 heavy (non-hydrogen) atoms. The quantitative estimate of drug-likeness (QED) is 0.778. The zero-order valence-corrected chi connectivity index (χ0v) is 12.9. The van der Waals surface area contributed by atoms with Gasteiger partial charge in [0.1, 0.15) is 6.04 Å². The van der Waals surface area contributed by atoms with E-state index in [0.717, 1.165) is 17.0 Å². The molecule has 1 unspecified atom stereocenters. The van der Waals surface area contributed by atoms with E-state index in [1.807, 2.05) is 24.3 Å². The summed E-state index contributed by atoms with van der Waals surface area (Å²) in [7, 11) is 0. The summed E-state index contributed by atoms with van der Waals surface area (Å²) in [5.74, 6) is 1.19. The van der Waals surface area contributed by atoms with Crippen LogP contribution >= 0.6 is 11.3 Å². The van der Waals surface area contributed by atoms with E-state index >= 15 is 0 Å². The molecule has 108 valence electrons. The molecule has 1 aromatic carbocycles. The average Bonchev–Trinajstić information content (AvgIpc) is 3.14. The first kappa shape index (κ1) is 14.0. The first-order valence-corrected chi connectivity index (χ1v) is 7.78. The largest absolute Gasteiger partial charge is 0.418 e. The highest BCUT2D eigenvalue weighted by Gasteiger charge is 2.20. The molecule has 0 radical (unpaired) electrons. The van der Waals surface area contributed by atoms with Crippen LogP contribution in [0.3, 0.4) is 0 Å². The van der Waals surface area contributed by atoms with Crippen LogP contribution in [0.25, 0.3) is 10.8 Å². The minimum atomic E-state index is -0.0708. The van der Waals surface area contributed by atoms with E-state index in [9.17, 15) is 0 Å². The van der Waals surface area contributed by atoms with E-state index in [-0.39, 0.29) is 6.04 Å². The van der Waals surface area contributed by atoms with Crippen LogP contribution in [-0.2, 0) is 0 Å². The molecule has 0 saturated carbocycles. The summed E-state index contributed by atoms with van der Waals surface area (Å²) in [5, 5.41) is 11.8. The van der Waals surface area contributed by atoms with E-state index in [1.165, 1.54) is 4.88 Å². The highest BCUT2D eigenvalue weighted by molar-refractivity contribution is 7.15. The molecule has 0 aliphatic rings. The molecule has 2 aromatic heterocycles. The number of hydrogen-bond donors (Lipinski definition) is 1. The molecule has 5 heteroatoms. The lowest BCUT2D eigenvalue weighted by atomic mass is 10.1. The van der Waals surface area contributed by atoms with Gasteiger partial charge >= 0.3 is 0 Å². The second-order valence-electron chi connectivity index (χ2n) is 4.76. The minimum absolute atomic E-state index is 0.0708. The van der Waals surface area contributed by atoms with Crippen molar-refractivity contribution >= 4 is 11.3 Å². The molecule has 0 bridgehead atoms. The Morgan fingerprint density at radius 3 is 2.62 bits per heavy atom. The SMILES string of the molecule is CCNC(c1ccccc1)c1nnc(-c2ccc(C)s2)o1. The molecule has 0 aliphatic carbocycles. The number of hydrogen-bond acceptors (Lipinski definition) is 5. The van der Waals surface area contributed by atoms with E-state index in [2.05, 4.69) is 47.6 Å². The van der Waals surface area contributed by atoms with Crippen LogP contribution in [0.2, 0.25) is 0 Å². The maximum atomic E-state index is 5.88. The standard InChI is InChI=1S/C16H17N3OS/c1-3-17-14(12-7-5-4-6-8-12)16-19-18-15(20-16)13-10-9-11(2)21-13/h4-10,14,17H,3H2,1-2H3. The monoisotopic (exact) mass is 299 g/mol. The van der Waals surface area contributed by atoms with Crippen molar-refractivity contribution in [3.05, 3.63) is 58.8 Å². The molecule has 1 atom stereocenters. The molecule has 0 aliphatic heterocycles. The smallest absolute Gasteiger partial charge is 0.257 e. The number of aryl methyl sites for hydroxylation is 1. The summed E-state index contributed by atoms with van der Waals surface area (Å²) in [6.07, 6.45) is 0. The molecular weight excluding hydrogens is 282 g/mol. The van der Waals surface area contributed by atoms with Gasteiger partial charge in [0.25, 0.3) is 5.89 Å². The Morgan fingerprint density at radius 2 is 1.95 bits per heavy atom. The molecule has 2 heterocycles. The molecular formula is C16H17N3OS. The van der Waals surface area contributed by atoms with Crippen molar-refractivity contribution < 1.29 is 4.42 Å². The second kappa shape index (κ2) is 6.20. The summed E-state index contributed by atoms with van der Waals surface area (Å²) in [6.45, 7) is 4.96. The number of thiophene rings is 1. The van der Waals surface area contributed by atoms with E-state index < -0.39 is 0 Å². The van der Waals surface area contributed by atoms with Crippen molar-refractivity contribution in [2.45, 2.75) is 19.9 Å². The van der Waals surface area contributed by atoms with E-state index in [4.69, 9.17) is 4.42 Å². The topological polar surface area (TPSA) is 51.0 Å². The minimum Gasteiger partial charge on any atom is -0.418 e. The summed E-state index contributed by atoms with van der Waals surface area (Å²) in [4.78, 5) is 2.24. The lowest BCUT2D eigenvalue weighted by Crippen LogP contribution is -2.22. The zero-order valence-electron chi connectivity index (χ0n) is 12.0. The van der Waals surface area contributed by atoms with Crippen molar-refractivity contribution in [1.29, 1.82) is 0 Å². The predicted octanol–water partition coefficient (Wildman–Crippen LogP) is 3.81. The van der Waals surface area contributed by atoms with Gasteiger partial charge in [-0.05, 0) is 31.2 Å². The number of rotatable bonds is 5. The van der Waals surface area contributed by atoms with E-state index in [0.29, 0.717) is 11.8 Å². The van der Waals surface area contributed by atoms with Crippen LogP contribution in [0.4, 0.5) is 0 Å². The van der Waals surface area contributed by atoms with Gasteiger partial charge in [-0.1, -0.05) is 37.3 Å². The molecule has 0 fully saturated rings. The Bertz CT molecular complexity index is 705. The van der Waals surface area contributed by atoms with Crippen molar-refractivity contribution in [3.63, 3.8) is 0 Å². The third-order valence-corrected chi connectivity index (χ3v) is 4.17. The van der Waals surface area contributed by atoms with Crippen molar-refractivity contribution in [3.8, 4) is 10.8 Å². The van der Waals surface area contributed by atoms with Gasteiger partial charge in [0.15, 0.2) is 0 Å². The van der Waals surface area contributed by atoms with Gasteiger partial charge in [-0.2, -0.15) is 0 Å². The number of benzene rings is 1. The summed E-state index contributed by atoms with van der Waals surface area (Å²) in [6, 6.07) is 14.2. The molecule has 3 aromatic rings. The van der Waals surface area contributed by atoms with Crippen LogP contribution in [0.5, 0.6) is 0 Å². The van der Waals surface area contributed by atoms with Crippen LogP contribution < -0.4 is 5.32 Å². The molecule has 3 rings (SSSR count). The van der Waals surface area contributed by atoms with Gasteiger partial charge in [-0.15, -0.1) is 21.5 Å². The van der Waals surface area contributed by atoms with Gasteiger partial charge < -0.3 is 9.73 Å². The normalized spacial score (nSPS) is 12.5. The maximum absolute atomic E-state index is 5.88. The van der Waals surface area contributed by atoms with Crippen LogP contribution in [0.1, 0.15) is 29.3 Å². The third kappa shape index (κ3) is 3.04. The Balaban J connectivity index is 1.92. The first-order chi connectivity index (χ1) is 10.3. The fourth-order valence-corrected chi connectivity index (χ4v) is 2.99. The van der Waals surface area contributed by atoms with Gasteiger partial charge in [0.2, 0.25) is 5.89 Å². The number of nitrogens with one attached hydrogen (secondary N) is 1. The van der Waals surface area contributed by atoms with Crippen LogP contribution in [0.15, 0.2) is 46.9 Å². The summed E-state index contributed by atoms with van der Waals surface area (Å²) >= 11 is 1.66. The number of nitrogens with zero attached hydrogens (tertiary/aromatic N) is 2. The second-order valence-corrected chi connectivity index (χ2v) is 6.05. The lowest BCUT2D eigenvalue weighted by molar-refractivity contribution is 0.445. The van der Waals surface area contributed by atoms with E-state index in [1.54, 1.807) is 11.3 Å². The molecule has 0 amide bonds. The van der Waals surface area contributed by atoms with Gasteiger partial charge in [-0.3, -0.25) is 0 Å². The third-order valence-electron chi connectivity index (χ3n) is 3.18. The van der Waals surface area contributed by atoms with Gasteiger partial charge in [0, 0.05) is 4.88 Å². The van der Waals surface area contributed by atoms with Crippen molar-refractivity contribution in [1.82, 2.24) is 15.5 Å². The first-order valence-electron chi connectivity index (χ1n) is 6.96. The lowest BCUT2D eigenvalue weighted by Gasteiger charge is -2.13. The Hall–Kier alpha value is -1.98. The van der Waals surface area contributed by atoms with Crippen LogP contribution in [-0.4, -0.2) is 16.7 Å². The number of aromatic nitrogens is 2. The molecule has 1 N–H and O–H groups in total. The zero-order chi connectivity index (χ0) is 14.7. The molecule has 0 spiro atoms. The fraction of sp³-hybridized carbons (Fsp3) is 0.250. The van der Waals surface area contributed by atoms with Crippen molar-refractivity contribution in [2.24, 2.45) is 0 Å². The Labute approximate surface area is 127 Å². The van der Waals surface area contributed by atoms with Gasteiger partial charge in [-0.25, -0.2) is 0 Å². The summed E-state index contributed by atoms with van der Waals surface area (Å²) < 4.78 is 5.88. The molecule has 4 nitrogen and oxygen atoms in total. The predicted molar refractivity (Wildman–Crippen MR) is 84.3 cm³/mol. The highest BCUT2D eigenvalue weighted by atomic mass is 32.1. The van der Waals surface area contributed by atoms with Gasteiger partial charge in [0.05, 0.1) is 4.88 Å².